The van der Waals surface area contributed by atoms with Crippen LogP contribution in [0.2, 0.25) is 0 Å². The second-order valence-electron chi connectivity index (χ2n) is 4.34. The third-order valence-electron chi connectivity index (χ3n) is 3.24. The predicted octanol–water partition coefficient (Wildman–Crippen LogP) is 2.05. The molecule has 0 fully saturated rings. The lowest BCUT2D eigenvalue weighted by atomic mass is 10.0. The lowest BCUT2D eigenvalue weighted by molar-refractivity contribution is 0.396. The fourth-order valence-electron chi connectivity index (χ4n) is 2.26. The van der Waals surface area contributed by atoms with Crippen molar-refractivity contribution in [1.82, 2.24) is 9.97 Å². The van der Waals surface area contributed by atoms with E-state index < -0.39 is 0 Å². The molecule has 4 heteroatoms. The van der Waals surface area contributed by atoms with Gasteiger partial charge in [-0.15, -0.1) is 0 Å². The molecule has 1 aromatic carbocycles. The van der Waals surface area contributed by atoms with Gasteiger partial charge in [0, 0.05) is 25.4 Å². The highest BCUT2D eigenvalue weighted by Crippen LogP contribution is 2.22. The minimum Gasteiger partial charge on any atom is -0.481 e. The Bertz CT molecular complexity index is 556. The second kappa shape index (κ2) is 4.64. The molecular formula is C14H15N3O. The summed E-state index contributed by atoms with van der Waals surface area (Å²) in [6, 6.07) is 10.3. The maximum Gasteiger partial charge on any atom is 0.228 e. The molecule has 92 valence electrons. The van der Waals surface area contributed by atoms with Crippen LogP contribution in [0.1, 0.15) is 11.1 Å². The largest absolute Gasteiger partial charge is 0.481 e. The van der Waals surface area contributed by atoms with E-state index >= 15 is 0 Å². The number of fused-ring (bicyclic) bond motifs is 1. The van der Waals surface area contributed by atoms with E-state index in [-0.39, 0.29) is 0 Å². The van der Waals surface area contributed by atoms with Crippen molar-refractivity contribution >= 4 is 5.95 Å². The molecule has 0 aliphatic carbocycles. The molecule has 4 nitrogen and oxygen atoms in total. The van der Waals surface area contributed by atoms with E-state index in [9.17, 15) is 0 Å². The molecule has 18 heavy (non-hydrogen) atoms. The van der Waals surface area contributed by atoms with Crippen molar-refractivity contribution < 1.29 is 4.74 Å². The molecule has 0 saturated heterocycles. The quantitative estimate of drug-likeness (QED) is 0.806. The van der Waals surface area contributed by atoms with Gasteiger partial charge in [0.15, 0.2) is 0 Å². The van der Waals surface area contributed by atoms with Crippen LogP contribution in [-0.4, -0.2) is 23.6 Å². The number of rotatable bonds is 2. The Hall–Kier alpha value is -2.10. The summed E-state index contributed by atoms with van der Waals surface area (Å²) in [7, 11) is 1.62. The first kappa shape index (κ1) is 11.0. The van der Waals surface area contributed by atoms with Gasteiger partial charge in [-0.25, -0.2) is 4.98 Å². The Balaban J connectivity index is 1.87. The molecule has 0 bridgehead atoms. The van der Waals surface area contributed by atoms with Crippen LogP contribution in [-0.2, 0) is 13.0 Å². The van der Waals surface area contributed by atoms with E-state index in [2.05, 4.69) is 39.1 Å². The van der Waals surface area contributed by atoms with Crippen molar-refractivity contribution in [2.75, 3.05) is 18.6 Å². The lowest BCUT2D eigenvalue weighted by Crippen LogP contribution is -2.31. The van der Waals surface area contributed by atoms with Crippen LogP contribution in [0.25, 0.3) is 0 Å². The van der Waals surface area contributed by atoms with Gasteiger partial charge in [0.1, 0.15) is 0 Å². The van der Waals surface area contributed by atoms with Gasteiger partial charge < -0.3 is 9.64 Å². The van der Waals surface area contributed by atoms with Crippen LogP contribution in [0.4, 0.5) is 5.95 Å². The Morgan fingerprint density at radius 1 is 1.17 bits per heavy atom. The maximum atomic E-state index is 5.14. The first-order valence-corrected chi connectivity index (χ1v) is 6.05. The molecule has 0 atom stereocenters. The van der Waals surface area contributed by atoms with E-state index in [4.69, 9.17) is 4.74 Å². The molecule has 0 spiro atoms. The zero-order valence-corrected chi connectivity index (χ0v) is 10.3. The summed E-state index contributed by atoms with van der Waals surface area (Å²) < 4.78 is 5.14. The van der Waals surface area contributed by atoms with E-state index in [1.54, 1.807) is 19.4 Å². The zero-order valence-electron chi connectivity index (χ0n) is 10.3. The Labute approximate surface area is 106 Å². The summed E-state index contributed by atoms with van der Waals surface area (Å²) in [5.74, 6) is 1.35. The van der Waals surface area contributed by atoms with Crippen molar-refractivity contribution in [2.45, 2.75) is 13.0 Å². The third kappa shape index (κ3) is 2.01. The highest BCUT2D eigenvalue weighted by molar-refractivity contribution is 5.40. The Kier molecular flexibility index (Phi) is 2.84. The zero-order chi connectivity index (χ0) is 12.4. The fraction of sp³-hybridized carbons (Fsp3) is 0.286. The van der Waals surface area contributed by atoms with Crippen LogP contribution in [0.15, 0.2) is 36.5 Å². The van der Waals surface area contributed by atoms with Gasteiger partial charge in [0.25, 0.3) is 0 Å². The van der Waals surface area contributed by atoms with Crippen LogP contribution in [0.3, 0.4) is 0 Å². The SMILES string of the molecule is COc1ccnc(N2CCc3ccccc3C2)n1. The second-order valence-corrected chi connectivity index (χ2v) is 4.34. The normalized spacial score (nSPS) is 14.2. The molecule has 1 aliphatic rings. The molecule has 0 saturated carbocycles. The van der Waals surface area contributed by atoms with Crippen molar-refractivity contribution in [3.05, 3.63) is 47.7 Å². The van der Waals surface area contributed by atoms with Crippen LogP contribution in [0.5, 0.6) is 5.88 Å². The highest BCUT2D eigenvalue weighted by Gasteiger charge is 2.18. The number of hydrogen-bond donors (Lipinski definition) is 0. The minimum atomic E-state index is 0.610. The van der Waals surface area contributed by atoms with Crippen molar-refractivity contribution in [1.29, 1.82) is 0 Å². The summed E-state index contributed by atoms with van der Waals surface area (Å²) in [6.45, 7) is 1.81. The summed E-state index contributed by atoms with van der Waals surface area (Å²) in [4.78, 5) is 10.9. The summed E-state index contributed by atoms with van der Waals surface area (Å²) in [6.07, 6.45) is 2.78. The van der Waals surface area contributed by atoms with E-state index in [1.807, 2.05) is 0 Å². The highest BCUT2D eigenvalue weighted by atomic mass is 16.5. The molecule has 1 aliphatic heterocycles. The van der Waals surface area contributed by atoms with Crippen molar-refractivity contribution in [3.8, 4) is 5.88 Å². The number of aromatic nitrogens is 2. The molecule has 3 rings (SSSR count). The third-order valence-corrected chi connectivity index (χ3v) is 3.24. The van der Waals surface area contributed by atoms with Crippen LogP contribution in [0, 0.1) is 0 Å². The molecule has 1 aromatic heterocycles. The topological polar surface area (TPSA) is 38.2 Å². The van der Waals surface area contributed by atoms with Crippen LogP contribution >= 0.6 is 0 Å². The summed E-state index contributed by atoms with van der Waals surface area (Å²) in [5.41, 5.74) is 2.78. The number of ether oxygens (including phenoxy) is 1. The first-order chi connectivity index (χ1) is 8.86. The number of benzene rings is 1. The number of hydrogen-bond acceptors (Lipinski definition) is 4. The molecule has 2 aromatic rings. The Morgan fingerprint density at radius 2 is 2.00 bits per heavy atom. The van der Waals surface area contributed by atoms with E-state index in [1.165, 1.54) is 11.1 Å². The van der Waals surface area contributed by atoms with Gasteiger partial charge in [-0.2, -0.15) is 4.98 Å². The van der Waals surface area contributed by atoms with Gasteiger partial charge >= 0.3 is 0 Å². The molecule has 0 N–H and O–H groups in total. The Morgan fingerprint density at radius 3 is 2.83 bits per heavy atom. The van der Waals surface area contributed by atoms with Gasteiger partial charge in [0.2, 0.25) is 11.8 Å². The van der Waals surface area contributed by atoms with E-state index in [0.717, 1.165) is 25.5 Å². The monoisotopic (exact) mass is 241 g/mol. The molecule has 2 heterocycles. The van der Waals surface area contributed by atoms with Crippen molar-refractivity contribution in [3.63, 3.8) is 0 Å². The molecule has 0 radical (unpaired) electrons. The minimum absolute atomic E-state index is 0.610. The first-order valence-electron chi connectivity index (χ1n) is 6.05. The lowest BCUT2D eigenvalue weighted by Gasteiger charge is -2.28. The molecular weight excluding hydrogens is 226 g/mol. The predicted molar refractivity (Wildman–Crippen MR) is 69.8 cm³/mol. The number of methoxy groups -OCH3 is 1. The average Bonchev–Trinajstić information content (AvgIpc) is 2.47. The van der Waals surface area contributed by atoms with Crippen molar-refractivity contribution in [2.24, 2.45) is 0 Å². The number of anilines is 1. The van der Waals surface area contributed by atoms with Gasteiger partial charge in [-0.1, -0.05) is 24.3 Å². The van der Waals surface area contributed by atoms with E-state index in [0.29, 0.717) is 5.88 Å². The van der Waals surface area contributed by atoms with Gasteiger partial charge in [-0.05, 0) is 17.5 Å². The van der Waals surface area contributed by atoms with Crippen LogP contribution < -0.4 is 9.64 Å². The fourth-order valence-corrected chi connectivity index (χ4v) is 2.26. The maximum absolute atomic E-state index is 5.14. The van der Waals surface area contributed by atoms with Gasteiger partial charge in [-0.3, -0.25) is 0 Å². The van der Waals surface area contributed by atoms with Gasteiger partial charge in [0.05, 0.1) is 7.11 Å². The summed E-state index contributed by atoms with van der Waals surface area (Å²) >= 11 is 0. The molecule has 0 amide bonds. The average molecular weight is 241 g/mol. The smallest absolute Gasteiger partial charge is 0.228 e. The number of nitrogens with zero attached hydrogens (tertiary/aromatic N) is 3. The standard InChI is InChI=1S/C14H15N3O/c1-18-13-6-8-15-14(16-13)17-9-7-11-4-2-3-5-12(11)10-17/h2-6,8H,7,9-10H2,1H3. The summed E-state index contributed by atoms with van der Waals surface area (Å²) in [5, 5.41) is 0. The molecule has 0 unspecified atom stereocenters.